The summed E-state index contributed by atoms with van der Waals surface area (Å²) in [7, 11) is 0. The number of carbonyl (C=O) groups excluding carboxylic acids is 1. The van der Waals surface area contributed by atoms with Crippen molar-refractivity contribution in [1.82, 2.24) is 14.8 Å². The SMILES string of the molecule is O=C([C@H]1COc2ccccc2O1)N1CCC(N2CCN(c3cccc(C(F)(F)F)n3)CC2)CC1. The number of aromatic nitrogens is 1. The molecule has 1 amide bonds. The van der Waals surface area contributed by atoms with Crippen LogP contribution < -0.4 is 14.4 Å². The van der Waals surface area contributed by atoms with Crippen LogP contribution in [0.3, 0.4) is 0 Å². The number of carbonyl (C=O) groups is 1. The average Bonchev–Trinajstić information content (AvgIpc) is 2.88. The summed E-state index contributed by atoms with van der Waals surface area (Å²) in [5.74, 6) is 1.57. The zero-order chi connectivity index (χ0) is 23.7. The third-order valence-electron chi connectivity index (χ3n) is 6.74. The van der Waals surface area contributed by atoms with Gasteiger partial charge in [0.1, 0.15) is 18.1 Å². The van der Waals surface area contributed by atoms with Crippen LogP contribution in [0.5, 0.6) is 11.5 Å². The first-order chi connectivity index (χ1) is 16.4. The van der Waals surface area contributed by atoms with Gasteiger partial charge in [-0.1, -0.05) is 18.2 Å². The van der Waals surface area contributed by atoms with Crippen LogP contribution in [0.15, 0.2) is 42.5 Å². The highest BCUT2D eigenvalue weighted by atomic mass is 19.4. The molecule has 7 nitrogen and oxygen atoms in total. The van der Waals surface area contributed by atoms with E-state index in [4.69, 9.17) is 9.47 Å². The molecule has 5 rings (SSSR count). The Labute approximate surface area is 196 Å². The molecular formula is C24H27F3N4O3. The molecule has 0 saturated carbocycles. The predicted octanol–water partition coefficient (Wildman–Crippen LogP) is 3.05. The minimum atomic E-state index is -4.44. The third kappa shape index (κ3) is 4.77. The van der Waals surface area contributed by atoms with Gasteiger partial charge in [-0.25, -0.2) is 4.98 Å². The molecule has 0 aliphatic carbocycles. The maximum absolute atomic E-state index is 13.0. The number of hydrogen-bond donors (Lipinski definition) is 0. The molecule has 0 N–H and O–H groups in total. The zero-order valence-electron chi connectivity index (χ0n) is 18.7. The van der Waals surface area contributed by atoms with E-state index < -0.39 is 18.0 Å². The van der Waals surface area contributed by atoms with Crippen LogP contribution in [-0.4, -0.2) is 78.7 Å². The molecule has 2 fully saturated rings. The number of alkyl halides is 3. The quantitative estimate of drug-likeness (QED) is 0.679. The second kappa shape index (κ2) is 9.32. The third-order valence-corrected chi connectivity index (χ3v) is 6.74. The maximum Gasteiger partial charge on any atom is 0.433 e. The Morgan fingerprint density at radius 1 is 0.912 bits per heavy atom. The fourth-order valence-corrected chi connectivity index (χ4v) is 4.87. The summed E-state index contributed by atoms with van der Waals surface area (Å²) in [5, 5.41) is 0. The number of likely N-dealkylation sites (tertiary alicyclic amines) is 1. The molecule has 0 spiro atoms. The lowest BCUT2D eigenvalue weighted by molar-refractivity contribution is -0.143. The van der Waals surface area contributed by atoms with Crippen molar-refractivity contribution in [3.63, 3.8) is 0 Å². The summed E-state index contributed by atoms with van der Waals surface area (Å²) in [6.45, 7) is 4.28. The molecule has 2 aromatic rings. The Hall–Kier alpha value is -3.01. The van der Waals surface area contributed by atoms with Crippen molar-refractivity contribution in [3.8, 4) is 11.5 Å². The standard InChI is InChI=1S/C24H27F3N4O3/c25-24(26,27)21-6-3-7-22(28-21)30-14-12-29(13-15-30)17-8-10-31(11-9-17)23(32)20-16-33-18-4-1-2-5-19(18)34-20/h1-7,17,20H,8-16H2/t20-/m1/s1. The first-order valence-corrected chi connectivity index (χ1v) is 11.6. The van der Waals surface area contributed by atoms with E-state index in [1.165, 1.54) is 6.07 Å². The average molecular weight is 476 g/mol. The second-order valence-electron chi connectivity index (χ2n) is 8.82. The number of rotatable bonds is 3. The second-order valence-corrected chi connectivity index (χ2v) is 8.82. The van der Waals surface area contributed by atoms with Gasteiger partial charge >= 0.3 is 6.18 Å². The Kier molecular flexibility index (Phi) is 6.24. The van der Waals surface area contributed by atoms with E-state index in [1.54, 1.807) is 12.1 Å². The van der Waals surface area contributed by atoms with E-state index in [9.17, 15) is 18.0 Å². The van der Waals surface area contributed by atoms with Crippen molar-refractivity contribution in [2.24, 2.45) is 0 Å². The van der Waals surface area contributed by atoms with Crippen molar-refractivity contribution < 1.29 is 27.4 Å². The summed E-state index contributed by atoms with van der Waals surface area (Å²) < 4.78 is 50.5. The van der Waals surface area contributed by atoms with E-state index in [0.29, 0.717) is 49.5 Å². The van der Waals surface area contributed by atoms with E-state index >= 15 is 0 Å². The van der Waals surface area contributed by atoms with Gasteiger partial charge in [0.25, 0.3) is 5.91 Å². The number of anilines is 1. The molecular weight excluding hydrogens is 449 g/mol. The fourth-order valence-electron chi connectivity index (χ4n) is 4.87. The van der Waals surface area contributed by atoms with Crippen LogP contribution >= 0.6 is 0 Å². The molecule has 3 aliphatic heterocycles. The number of fused-ring (bicyclic) bond motifs is 1. The van der Waals surface area contributed by atoms with E-state index in [0.717, 1.165) is 32.0 Å². The molecule has 182 valence electrons. The monoisotopic (exact) mass is 476 g/mol. The molecule has 2 saturated heterocycles. The smallest absolute Gasteiger partial charge is 0.433 e. The summed E-state index contributed by atoms with van der Waals surface area (Å²) in [6, 6.07) is 11.7. The highest BCUT2D eigenvalue weighted by Gasteiger charge is 2.36. The number of ether oxygens (including phenoxy) is 2. The summed E-state index contributed by atoms with van der Waals surface area (Å²) in [5.41, 5.74) is -0.861. The van der Waals surface area contributed by atoms with Crippen molar-refractivity contribution in [2.45, 2.75) is 31.2 Å². The van der Waals surface area contributed by atoms with Crippen LogP contribution in [0.1, 0.15) is 18.5 Å². The normalized spacial score (nSPS) is 22.0. The first-order valence-electron chi connectivity index (χ1n) is 11.6. The van der Waals surface area contributed by atoms with Gasteiger partial charge in [0.05, 0.1) is 0 Å². The Balaban J connectivity index is 1.11. The number of piperidine rings is 1. The first kappa shape index (κ1) is 22.8. The van der Waals surface area contributed by atoms with Crippen molar-refractivity contribution in [2.75, 3.05) is 50.8 Å². The maximum atomic E-state index is 13.0. The summed E-state index contributed by atoms with van der Waals surface area (Å²) in [4.78, 5) is 22.9. The summed E-state index contributed by atoms with van der Waals surface area (Å²) >= 11 is 0. The van der Waals surface area contributed by atoms with Gasteiger partial charge in [-0.3, -0.25) is 9.69 Å². The van der Waals surface area contributed by atoms with Crippen LogP contribution in [-0.2, 0) is 11.0 Å². The van der Waals surface area contributed by atoms with Crippen LogP contribution in [0.2, 0.25) is 0 Å². The van der Waals surface area contributed by atoms with Gasteiger partial charge in [-0.2, -0.15) is 13.2 Å². The van der Waals surface area contributed by atoms with Crippen LogP contribution in [0.4, 0.5) is 19.0 Å². The van der Waals surface area contributed by atoms with Crippen molar-refractivity contribution in [3.05, 3.63) is 48.2 Å². The number of amides is 1. The molecule has 0 unspecified atom stereocenters. The molecule has 34 heavy (non-hydrogen) atoms. The van der Waals surface area contributed by atoms with Crippen molar-refractivity contribution in [1.29, 1.82) is 0 Å². The molecule has 4 heterocycles. The van der Waals surface area contributed by atoms with Gasteiger partial charge < -0.3 is 19.3 Å². The lowest BCUT2D eigenvalue weighted by atomic mass is 10.0. The van der Waals surface area contributed by atoms with Gasteiger partial charge in [0, 0.05) is 45.3 Å². The largest absolute Gasteiger partial charge is 0.485 e. The number of hydrogen-bond acceptors (Lipinski definition) is 6. The highest BCUT2D eigenvalue weighted by molar-refractivity contribution is 5.82. The van der Waals surface area contributed by atoms with Crippen LogP contribution in [0, 0.1) is 0 Å². The minimum Gasteiger partial charge on any atom is -0.485 e. The number of pyridine rings is 1. The molecule has 1 aromatic carbocycles. The van der Waals surface area contributed by atoms with Gasteiger partial charge in [-0.05, 0) is 37.1 Å². The predicted molar refractivity (Wildman–Crippen MR) is 119 cm³/mol. The lowest BCUT2D eigenvalue weighted by Crippen LogP contribution is -2.55. The van der Waals surface area contributed by atoms with Gasteiger partial charge in [-0.15, -0.1) is 0 Å². The van der Waals surface area contributed by atoms with Crippen molar-refractivity contribution >= 4 is 11.7 Å². The van der Waals surface area contributed by atoms with Gasteiger partial charge in [0.2, 0.25) is 6.10 Å². The zero-order valence-corrected chi connectivity index (χ0v) is 18.7. The summed E-state index contributed by atoms with van der Waals surface area (Å²) in [6.07, 6.45) is -3.36. The Bertz CT molecular complexity index is 1020. The highest BCUT2D eigenvalue weighted by Crippen LogP contribution is 2.32. The molecule has 1 aromatic heterocycles. The molecule has 0 radical (unpaired) electrons. The number of para-hydroxylation sites is 2. The van der Waals surface area contributed by atoms with E-state index in [1.807, 2.05) is 28.0 Å². The molecule has 1 atom stereocenters. The number of benzene rings is 1. The topological polar surface area (TPSA) is 58.1 Å². The lowest BCUT2D eigenvalue weighted by Gasteiger charge is -2.43. The molecule has 10 heteroatoms. The van der Waals surface area contributed by atoms with E-state index in [-0.39, 0.29) is 12.5 Å². The minimum absolute atomic E-state index is 0.0478. The van der Waals surface area contributed by atoms with Crippen LogP contribution in [0.25, 0.3) is 0 Å². The van der Waals surface area contributed by atoms with Gasteiger partial charge in [0.15, 0.2) is 11.5 Å². The number of halogens is 3. The molecule has 0 bridgehead atoms. The Morgan fingerprint density at radius 3 is 2.32 bits per heavy atom. The number of piperazine rings is 1. The van der Waals surface area contributed by atoms with E-state index in [2.05, 4.69) is 9.88 Å². The number of nitrogens with zero attached hydrogens (tertiary/aromatic N) is 4. The Morgan fingerprint density at radius 2 is 1.62 bits per heavy atom. The fraction of sp³-hybridized carbons (Fsp3) is 0.500. The molecule has 3 aliphatic rings.